The lowest BCUT2D eigenvalue weighted by molar-refractivity contribution is 0.106. The molecule has 0 amide bonds. The molecular weight excluding hydrogens is 368 g/mol. The summed E-state index contributed by atoms with van der Waals surface area (Å²) in [4.78, 5) is 14.0. The number of benzene rings is 2. The average molecular weight is 391 g/mol. The second kappa shape index (κ2) is 9.97. The van der Waals surface area contributed by atoms with Gasteiger partial charge in [-0.05, 0) is 42.0 Å². The highest BCUT2D eigenvalue weighted by Crippen LogP contribution is 2.18. The standard InChI is InChI=1S/C20H22N2O4.ClH/c1-25-17-4-2-3-14(9-17)11-21-12-16(23)13-26-18-6-7-19-15(10-18)5-8-20(24)22-19;/h2-10,16,21,23H,11-13H2,1H3,(H,22,24);1H. The molecule has 0 spiro atoms. The first-order valence-corrected chi connectivity index (χ1v) is 8.41. The molecule has 1 atom stereocenters. The first-order valence-electron chi connectivity index (χ1n) is 8.41. The third-order valence-corrected chi connectivity index (χ3v) is 3.98. The third kappa shape index (κ3) is 5.99. The molecular formula is C20H23ClN2O4. The highest BCUT2D eigenvalue weighted by molar-refractivity contribution is 5.85. The number of nitrogens with one attached hydrogen (secondary N) is 2. The van der Waals surface area contributed by atoms with Gasteiger partial charge in [-0.2, -0.15) is 0 Å². The molecule has 1 heterocycles. The molecule has 0 radical (unpaired) electrons. The maximum Gasteiger partial charge on any atom is 0.248 e. The number of hydrogen-bond acceptors (Lipinski definition) is 5. The van der Waals surface area contributed by atoms with Gasteiger partial charge in [0.2, 0.25) is 5.56 Å². The number of aromatic amines is 1. The van der Waals surface area contributed by atoms with E-state index >= 15 is 0 Å². The summed E-state index contributed by atoms with van der Waals surface area (Å²) in [5.41, 5.74) is 1.70. The van der Waals surface area contributed by atoms with Crippen LogP contribution < -0.4 is 20.3 Å². The lowest BCUT2D eigenvalue weighted by Crippen LogP contribution is -2.31. The van der Waals surface area contributed by atoms with Gasteiger partial charge < -0.3 is 24.9 Å². The van der Waals surface area contributed by atoms with Gasteiger partial charge in [0.1, 0.15) is 24.2 Å². The van der Waals surface area contributed by atoms with Crippen molar-refractivity contribution in [2.45, 2.75) is 12.6 Å². The topological polar surface area (TPSA) is 83.6 Å². The van der Waals surface area contributed by atoms with Crippen LogP contribution in [0.4, 0.5) is 0 Å². The van der Waals surface area contributed by atoms with Crippen molar-refractivity contribution in [3.05, 3.63) is 70.5 Å². The Morgan fingerprint density at radius 1 is 1.11 bits per heavy atom. The van der Waals surface area contributed by atoms with Gasteiger partial charge >= 0.3 is 0 Å². The van der Waals surface area contributed by atoms with Crippen molar-refractivity contribution in [1.82, 2.24) is 10.3 Å². The number of ether oxygens (including phenoxy) is 2. The molecule has 1 unspecified atom stereocenters. The predicted molar refractivity (Wildman–Crippen MR) is 108 cm³/mol. The highest BCUT2D eigenvalue weighted by Gasteiger charge is 2.06. The minimum absolute atomic E-state index is 0. The molecule has 144 valence electrons. The fourth-order valence-corrected chi connectivity index (χ4v) is 2.64. The van der Waals surface area contributed by atoms with E-state index in [1.807, 2.05) is 30.3 Å². The highest BCUT2D eigenvalue weighted by atomic mass is 35.5. The zero-order valence-electron chi connectivity index (χ0n) is 15.0. The van der Waals surface area contributed by atoms with Crippen molar-refractivity contribution < 1.29 is 14.6 Å². The van der Waals surface area contributed by atoms with Gasteiger partial charge in [0.05, 0.1) is 7.11 Å². The summed E-state index contributed by atoms with van der Waals surface area (Å²) in [6, 6.07) is 16.4. The minimum atomic E-state index is -0.633. The number of aliphatic hydroxyl groups is 1. The van der Waals surface area contributed by atoms with E-state index < -0.39 is 6.10 Å². The number of rotatable bonds is 8. The Morgan fingerprint density at radius 2 is 1.96 bits per heavy atom. The molecule has 0 saturated heterocycles. The maximum absolute atomic E-state index is 11.3. The Morgan fingerprint density at radius 3 is 2.78 bits per heavy atom. The lowest BCUT2D eigenvalue weighted by Gasteiger charge is -2.14. The van der Waals surface area contributed by atoms with Gasteiger partial charge in [0.25, 0.3) is 0 Å². The van der Waals surface area contributed by atoms with Crippen LogP contribution in [0.3, 0.4) is 0 Å². The van der Waals surface area contributed by atoms with Gasteiger partial charge in [0, 0.05) is 30.1 Å². The first kappa shape index (κ1) is 20.8. The maximum atomic E-state index is 11.3. The Bertz CT molecular complexity index is 929. The number of H-pyrrole nitrogens is 1. The zero-order chi connectivity index (χ0) is 18.4. The molecule has 0 aliphatic rings. The zero-order valence-corrected chi connectivity index (χ0v) is 15.8. The van der Waals surface area contributed by atoms with Crippen LogP contribution in [0.5, 0.6) is 11.5 Å². The van der Waals surface area contributed by atoms with Crippen LogP contribution in [0, 0.1) is 0 Å². The van der Waals surface area contributed by atoms with E-state index in [1.165, 1.54) is 6.07 Å². The van der Waals surface area contributed by atoms with Crippen LogP contribution in [-0.4, -0.2) is 36.5 Å². The molecule has 3 rings (SSSR count). The Balaban J connectivity index is 0.00000261. The summed E-state index contributed by atoms with van der Waals surface area (Å²) in [6.07, 6.45) is -0.633. The van der Waals surface area contributed by atoms with Crippen molar-refractivity contribution in [2.75, 3.05) is 20.3 Å². The van der Waals surface area contributed by atoms with Gasteiger partial charge in [-0.3, -0.25) is 4.79 Å². The number of fused-ring (bicyclic) bond motifs is 1. The van der Waals surface area contributed by atoms with Crippen molar-refractivity contribution in [2.24, 2.45) is 0 Å². The molecule has 3 N–H and O–H groups in total. The molecule has 0 fully saturated rings. The normalized spacial score (nSPS) is 11.6. The quantitative estimate of drug-likeness (QED) is 0.550. The van der Waals surface area contributed by atoms with E-state index in [4.69, 9.17) is 9.47 Å². The SMILES string of the molecule is COc1cccc(CNCC(O)COc2ccc3[nH]c(=O)ccc3c2)c1.Cl. The summed E-state index contributed by atoms with van der Waals surface area (Å²) in [5.74, 6) is 1.46. The smallest absolute Gasteiger partial charge is 0.248 e. The van der Waals surface area contributed by atoms with Gasteiger partial charge in [-0.1, -0.05) is 12.1 Å². The van der Waals surface area contributed by atoms with Gasteiger partial charge in [-0.15, -0.1) is 12.4 Å². The summed E-state index contributed by atoms with van der Waals surface area (Å²) in [6.45, 7) is 1.23. The number of methoxy groups -OCH3 is 1. The molecule has 3 aromatic rings. The number of aromatic nitrogens is 1. The Hall–Kier alpha value is -2.54. The summed E-state index contributed by atoms with van der Waals surface area (Å²) >= 11 is 0. The third-order valence-electron chi connectivity index (χ3n) is 3.98. The van der Waals surface area contributed by atoms with Crippen LogP contribution in [0.25, 0.3) is 10.9 Å². The number of aliphatic hydroxyl groups excluding tert-OH is 1. The van der Waals surface area contributed by atoms with Crippen molar-refractivity contribution >= 4 is 23.3 Å². The Kier molecular flexibility index (Phi) is 7.67. The molecule has 27 heavy (non-hydrogen) atoms. The second-order valence-electron chi connectivity index (χ2n) is 6.02. The summed E-state index contributed by atoms with van der Waals surface area (Å²) < 4.78 is 10.8. The van der Waals surface area contributed by atoms with Crippen LogP contribution in [0.15, 0.2) is 59.4 Å². The number of pyridine rings is 1. The van der Waals surface area contributed by atoms with Crippen LogP contribution in [-0.2, 0) is 6.54 Å². The number of halogens is 1. The minimum Gasteiger partial charge on any atom is -0.497 e. The summed E-state index contributed by atoms with van der Waals surface area (Å²) in [5, 5.41) is 14.2. The van der Waals surface area contributed by atoms with E-state index in [0.29, 0.717) is 18.8 Å². The number of hydrogen-bond donors (Lipinski definition) is 3. The Labute approximate surface area is 163 Å². The van der Waals surface area contributed by atoms with Crippen molar-refractivity contribution in [3.63, 3.8) is 0 Å². The largest absolute Gasteiger partial charge is 0.497 e. The van der Waals surface area contributed by atoms with E-state index in [-0.39, 0.29) is 24.6 Å². The lowest BCUT2D eigenvalue weighted by atomic mass is 10.2. The predicted octanol–water partition coefficient (Wildman–Crippen LogP) is 2.49. The molecule has 1 aromatic heterocycles. The van der Waals surface area contributed by atoms with E-state index in [9.17, 15) is 9.90 Å². The van der Waals surface area contributed by atoms with E-state index in [1.54, 1.807) is 25.3 Å². The molecule has 0 saturated carbocycles. The van der Waals surface area contributed by atoms with Crippen LogP contribution in [0.1, 0.15) is 5.56 Å². The second-order valence-corrected chi connectivity index (χ2v) is 6.02. The molecule has 7 heteroatoms. The van der Waals surface area contributed by atoms with Gasteiger partial charge in [-0.25, -0.2) is 0 Å². The van der Waals surface area contributed by atoms with E-state index in [2.05, 4.69) is 10.3 Å². The van der Waals surface area contributed by atoms with Crippen molar-refractivity contribution in [1.29, 1.82) is 0 Å². The van der Waals surface area contributed by atoms with Crippen LogP contribution in [0.2, 0.25) is 0 Å². The molecule has 0 bridgehead atoms. The van der Waals surface area contributed by atoms with Crippen LogP contribution >= 0.6 is 12.4 Å². The monoisotopic (exact) mass is 390 g/mol. The summed E-state index contributed by atoms with van der Waals surface area (Å²) in [7, 11) is 1.64. The van der Waals surface area contributed by atoms with Crippen molar-refractivity contribution in [3.8, 4) is 11.5 Å². The molecule has 6 nitrogen and oxygen atoms in total. The molecule has 0 aliphatic carbocycles. The first-order chi connectivity index (χ1) is 12.6. The van der Waals surface area contributed by atoms with Gasteiger partial charge in [0.15, 0.2) is 0 Å². The average Bonchev–Trinajstić information content (AvgIpc) is 2.66. The fraction of sp³-hybridized carbons (Fsp3) is 0.250. The fourth-order valence-electron chi connectivity index (χ4n) is 2.64. The van der Waals surface area contributed by atoms with E-state index in [0.717, 1.165) is 22.2 Å². The molecule has 0 aliphatic heterocycles. The molecule has 2 aromatic carbocycles.